The van der Waals surface area contributed by atoms with Crippen molar-refractivity contribution in [2.24, 2.45) is 0 Å². The number of thiocarbonyl (C=S) groups is 1. The van der Waals surface area contributed by atoms with E-state index in [9.17, 15) is 0 Å². The zero-order valence-electron chi connectivity index (χ0n) is 15.8. The summed E-state index contributed by atoms with van der Waals surface area (Å²) in [4.78, 5) is 3.86. The molecule has 2 aromatic carbocycles. The summed E-state index contributed by atoms with van der Waals surface area (Å²) in [6, 6.07) is 19.0. The first-order valence-corrected chi connectivity index (χ1v) is 11.2. The lowest BCUT2D eigenvalue weighted by Gasteiger charge is -2.26. The number of likely N-dealkylation sites (tertiary alicyclic amines) is 1. The number of hydrogen-bond donors (Lipinski definition) is 2. The van der Waals surface area contributed by atoms with E-state index >= 15 is 0 Å². The fraction of sp³-hybridized carbons (Fsp3) is 0.409. The first-order valence-electron chi connectivity index (χ1n) is 9.83. The van der Waals surface area contributed by atoms with E-state index in [4.69, 9.17) is 12.2 Å². The molecule has 5 heteroatoms. The number of nitrogens with one attached hydrogen (secondary N) is 2. The van der Waals surface area contributed by atoms with Crippen molar-refractivity contribution in [2.45, 2.75) is 36.3 Å². The van der Waals surface area contributed by atoms with Gasteiger partial charge in [0, 0.05) is 22.9 Å². The van der Waals surface area contributed by atoms with Gasteiger partial charge in [-0.3, -0.25) is 0 Å². The first-order chi connectivity index (χ1) is 13.3. The zero-order valence-corrected chi connectivity index (χ0v) is 17.5. The van der Waals surface area contributed by atoms with Crippen LogP contribution in [0.1, 0.15) is 31.2 Å². The van der Waals surface area contributed by atoms with Crippen molar-refractivity contribution in [3.8, 4) is 0 Å². The average Bonchev–Trinajstić information content (AvgIpc) is 2.72. The Hall–Kier alpha value is -1.56. The Bertz CT molecular complexity index is 682. The number of anilines is 1. The number of benzene rings is 2. The van der Waals surface area contributed by atoms with E-state index in [1.54, 1.807) is 0 Å². The van der Waals surface area contributed by atoms with Crippen LogP contribution >= 0.6 is 24.0 Å². The molecule has 1 fully saturated rings. The Balaban J connectivity index is 1.33. The number of hydrogen-bond acceptors (Lipinski definition) is 3. The van der Waals surface area contributed by atoms with Gasteiger partial charge < -0.3 is 15.5 Å². The van der Waals surface area contributed by atoms with Crippen LogP contribution in [0, 0.1) is 0 Å². The minimum absolute atomic E-state index is 0.708. The molecular weight excluding hydrogens is 370 g/mol. The van der Waals surface area contributed by atoms with E-state index in [0.29, 0.717) is 5.11 Å². The van der Waals surface area contributed by atoms with E-state index in [-0.39, 0.29) is 0 Å². The summed E-state index contributed by atoms with van der Waals surface area (Å²) in [6.45, 7) is 4.62. The van der Waals surface area contributed by atoms with Crippen LogP contribution in [0.3, 0.4) is 0 Å². The fourth-order valence-electron chi connectivity index (χ4n) is 3.23. The van der Waals surface area contributed by atoms with Gasteiger partial charge in [0.2, 0.25) is 0 Å². The summed E-state index contributed by atoms with van der Waals surface area (Å²) in [5.41, 5.74) is 2.35. The van der Waals surface area contributed by atoms with Crippen LogP contribution in [-0.2, 0) is 5.75 Å². The van der Waals surface area contributed by atoms with Gasteiger partial charge in [0.25, 0.3) is 0 Å². The van der Waals surface area contributed by atoms with Crippen molar-refractivity contribution in [3.63, 3.8) is 0 Å². The lowest BCUT2D eigenvalue weighted by Crippen LogP contribution is -2.34. The normalized spacial score (nSPS) is 14.7. The number of nitrogens with zero attached hydrogens (tertiary/aromatic N) is 1. The molecule has 1 heterocycles. The topological polar surface area (TPSA) is 27.3 Å². The Morgan fingerprint density at radius 3 is 2.44 bits per heavy atom. The third-order valence-corrected chi connectivity index (χ3v) is 6.08. The van der Waals surface area contributed by atoms with Gasteiger partial charge in [0.05, 0.1) is 0 Å². The summed E-state index contributed by atoms with van der Waals surface area (Å²) >= 11 is 7.27. The van der Waals surface area contributed by atoms with Crippen molar-refractivity contribution in [2.75, 3.05) is 31.5 Å². The quantitative estimate of drug-likeness (QED) is 0.364. The van der Waals surface area contributed by atoms with Gasteiger partial charge in [-0.2, -0.15) is 0 Å². The van der Waals surface area contributed by atoms with Crippen LogP contribution in [0.5, 0.6) is 0 Å². The van der Waals surface area contributed by atoms with E-state index in [2.05, 4.69) is 70.1 Å². The maximum Gasteiger partial charge on any atom is 0.170 e. The predicted octanol–water partition coefficient (Wildman–Crippen LogP) is 5.14. The molecule has 0 aliphatic carbocycles. The maximum absolute atomic E-state index is 5.41. The molecule has 3 rings (SSSR count). The van der Waals surface area contributed by atoms with E-state index < -0.39 is 0 Å². The van der Waals surface area contributed by atoms with Gasteiger partial charge in [-0.1, -0.05) is 36.8 Å². The molecule has 0 aromatic heterocycles. The molecule has 0 radical (unpaired) electrons. The van der Waals surface area contributed by atoms with Gasteiger partial charge in [-0.05, 0) is 80.9 Å². The lowest BCUT2D eigenvalue weighted by molar-refractivity contribution is 0.227. The molecule has 0 saturated carbocycles. The molecule has 1 saturated heterocycles. The second-order valence-electron chi connectivity index (χ2n) is 6.94. The summed E-state index contributed by atoms with van der Waals surface area (Å²) < 4.78 is 0. The molecule has 0 atom stereocenters. The largest absolute Gasteiger partial charge is 0.362 e. The van der Waals surface area contributed by atoms with Gasteiger partial charge in [0.15, 0.2) is 5.11 Å². The van der Waals surface area contributed by atoms with Gasteiger partial charge >= 0.3 is 0 Å². The highest BCUT2D eigenvalue weighted by Gasteiger charge is 2.08. The summed E-state index contributed by atoms with van der Waals surface area (Å²) in [5.74, 6) is 0.976. The molecule has 2 aromatic rings. The highest BCUT2D eigenvalue weighted by atomic mass is 32.2. The Kier molecular flexibility index (Phi) is 8.46. The molecule has 1 aliphatic rings. The van der Waals surface area contributed by atoms with Crippen LogP contribution in [-0.4, -0.2) is 36.2 Å². The monoisotopic (exact) mass is 399 g/mol. The third kappa shape index (κ3) is 7.53. The van der Waals surface area contributed by atoms with Crippen molar-refractivity contribution in [1.29, 1.82) is 0 Å². The second kappa shape index (κ2) is 11.3. The Labute approximate surface area is 172 Å². The van der Waals surface area contributed by atoms with Crippen LogP contribution in [0.15, 0.2) is 59.5 Å². The predicted molar refractivity (Wildman–Crippen MR) is 122 cm³/mol. The number of rotatable bonds is 8. The number of piperidine rings is 1. The standard InChI is InChI=1S/C22H29N3S2/c26-22(23-14-7-17-25-15-5-2-6-16-25)24-20-12-10-19(11-13-20)18-27-21-8-3-1-4-9-21/h1,3-4,8-13H,2,5-7,14-18H2,(H2,23,24,26). The molecule has 2 N–H and O–H groups in total. The van der Waals surface area contributed by atoms with Gasteiger partial charge in [-0.15, -0.1) is 11.8 Å². The minimum Gasteiger partial charge on any atom is -0.362 e. The minimum atomic E-state index is 0.708. The highest BCUT2D eigenvalue weighted by Crippen LogP contribution is 2.23. The summed E-state index contributed by atoms with van der Waals surface area (Å²) in [5, 5.41) is 7.31. The molecule has 0 unspecified atom stereocenters. The molecule has 0 spiro atoms. The molecular formula is C22H29N3S2. The smallest absolute Gasteiger partial charge is 0.170 e. The van der Waals surface area contributed by atoms with Crippen LogP contribution in [0.25, 0.3) is 0 Å². The van der Waals surface area contributed by atoms with Crippen LogP contribution in [0.2, 0.25) is 0 Å². The number of thioether (sulfide) groups is 1. The summed E-state index contributed by atoms with van der Waals surface area (Å²) in [6.07, 6.45) is 5.24. The van der Waals surface area contributed by atoms with Crippen LogP contribution in [0.4, 0.5) is 5.69 Å². The van der Waals surface area contributed by atoms with E-state index in [1.807, 2.05) is 11.8 Å². The molecule has 3 nitrogen and oxygen atoms in total. The summed E-state index contributed by atoms with van der Waals surface area (Å²) in [7, 11) is 0. The van der Waals surface area contributed by atoms with E-state index in [0.717, 1.165) is 24.4 Å². The SMILES string of the molecule is S=C(NCCCN1CCCCC1)Nc1ccc(CSc2ccccc2)cc1. The highest BCUT2D eigenvalue weighted by molar-refractivity contribution is 7.98. The average molecular weight is 400 g/mol. The fourth-order valence-corrected chi connectivity index (χ4v) is 4.33. The van der Waals surface area contributed by atoms with Crippen molar-refractivity contribution in [3.05, 3.63) is 60.2 Å². The van der Waals surface area contributed by atoms with Crippen molar-refractivity contribution < 1.29 is 0 Å². The van der Waals surface area contributed by atoms with E-state index in [1.165, 1.54) is 49.4 Å². The van der Waals surface area contributed by atoms with Crippen LogP contribution < -0.4 is 10.6 Å². The molecule has 0 amide bonds. The molecule has 144 valence electrons. The third-order valence-electron chi connectivity index (χ3n) is 4.75. The van der Waals surface area contributed by atoms with Crippen molar-refractivity contribution >= 4 is 34.8 Å². The second-order valence-corrected chi connectivity index (χ2v) is 8.39. The Morgan fingerprint density at radius 2 is 1.70 bits per heavy atom. The Morgan fingerprint density at radius 1 is 0.963 bits per heavy atom. The van der Waals surface area contributed by atoms with Crippen molar-refractivity contribution in [1.82, 2.24) is 10.2 Å². The van der Waals surface area contributed by atoms with Gasteiger partial charge in [-0.25, -0.2) is 0 Å². The maximum atomic E-state index is 5.41. The molecule has 0 bridgehead atoms. The lowest BCUT2D eigenvalue weighted by atomic mass is 10.1. The van der Waals surface area contributed by atoms with Gasteiger partial charge in [0.1, 0.15) is 0 Å². The molecule has 1 aliphatic heterocycles. The zero-order chi connectivity index (χ0) is 18.7. The first kappa shape index (κ1) is 20.2. The molecule has 27 heavy (non-hydrogen) atoms.